The number of aryl methyl sites for hydroxylation is 1. The third-order valence-corrected chi connectivity index (χ3v) is 3.81. The number of likely N-dealkylation sites (tertiary alicyclic amines) is 1. The molecule has 0 atom stereocenters. The molecule has 2 N–H and O–H groups in total. The zero-order valence-corrected chi connectivity index (χ0v) is 11.7. The Morgan fingerprint density at radius 1 is 1.37 bits per heavy atom. The summed E-state index contributed by atoms with van der Waals surface area (Å²) in [6.07, 6.45) is 1.57. The second kappa shape index (κ2) is 5.65. The van der Waals surface area contributed by atoms with Crippen molar-refractivity contribution in [2.75, 3.05) is 13.1 Å². The Morgan fingerprint density at radius 2 is 2.00 bits per heavy atom. The first kappa shape index (κ1) is 13.9. The van der Waals surface area contributed by atoms with Crippen LogP contribution in [-0.2, 0) is 0 Å². The van der Waals surface area contributed by atoms with Gasteiger partial charge < -0.3 is 10.6 Å². The standard InChI is InChI=1S/C14H17FN2OS/c1-9-6-11(8-12(15)7-9)14(18)17-4-2-10(3-5-17)13(16)19/h6-8,10H,2-5H2,1H3,(H2,16,19). The Balaban J connectivity index is 2.07. The highest BCUT2D eigenvalue weighted by Crippen LogP contribution is 2.20. The van der Waals surface area contributed by atoms with Crippen molar-refractivity contribution < 1.29 is 9.18 Å². The molecule has 1 saturated heterocycles. The molecule has 19 heavy (non-hydrogen) atoms. The molecule has 2 rings (SSSR count). The van der Waals surface area contributed by atoms with E-state index in [0.29, 0.717) is 23.6 Å². The van der Waals surface area contributed by atoms with Gasteiger partial charge in [0.15, 0.2) is 0 Å². The van der Waals surface area contributed by atoms with Crippen LogP contribution in [0.25, 0.3) is 0 Å². The van der Waals surface area contributed by atoms with Gasteiger partial charge in [-0.15, -0.1) is 0 Å². The second-order valence-corrected chi connectivity index (χ2v) is 5.46. The maximum absolute atomic E-state index is 13.3. The quantitative estimate of drug-likeness (QED) is 0.845. The smallest absolute Gasteiger partial charge is 0.253 e. The molecule has 3 nitrogen and oxygen atoms in total. The van der Waals surface area contributed by atoms with Crippen LogP contribution in [0.3, 0.4) is 0 Å². The van der Waals surface area contributed by atoms with E-state index in [1.54, 1.807) is 17.9 Å². The molecule has 0 bridgehead atoms. The summed E-state index contributed by atoms with van der Waals surface area (Å²) < 4.78 is 13.3. The number of piperidine rings is 1. The summed E-state index contributed by atoms with van der Waals surface area (Å²) in [7, 11) is 0. The van der Waals surface area contributed by atoms with Crippen molar-refractivity contribution in [2.45, 2.75) is 19.8 Å². The van der Waals surface area contributed by atoms with Gasteiger partial charge in [-0.1, -0.05) is 12.2 Å². The summed E-state index contributed by atoms with van der Waals surface area (Å²) in [4.78, 5) is 14.5. The molecule has 1 amide bonds. The maximum Gasteiger partial charge on any atom is 0.253 e. The van der Waals surface area contributed by atoms with Crippen LogP contribution < -0.4 is 5.73 Å². The topological polar surface area (TPSA) is 46.3 Å². The van der Waals surface area contributed by atoms with Gasteiger partial charge >= 0.3 is 0 Å². The van der Waals surface area contributed by atoms with Crippen molar-refractivity contribution >= 4 is 23.1 Å². The van der Waals surface area contributed by atoms with Gasteiger partial charge in [0.2, 0.25) is 0 Å². The number of nitrogens with zero attached hydrogens (tertiary/aromatic N) is 1. The van der Waals surface area contributed by atoms with E-state index in [1.165, 1.54) is 12.1 Å². The molecule has 1 aliphatic rings. The lowest BCUT2D eigenvalue weighted by Gasteiger charge is -2.31. The number of benzene rings is 1. The van der Waals surface area contributed by atoms with Crippen LogP contribution in [0, 0.1) is 18.7 Å². The van der Waals surface area contributed by atoms with E-state index in [-0.39, 0.29) is 17.6 Å². The van der Waals surface area contributed by atoms with Crippen molar-refractivity contribution in [3.8, 4) is 0 Å². The molecule has 1 aliphatic heterocycles. The van der Waals surface area contributed by atoms with Crippen LogP contribution in [0.15, 0.2) is 18.2 Å². The predicted octanol–water partition coefficient (Wildman–Crippen LogP) is 2.27. The van der Waals surface area contributed by atoms with Gasteiger partial charge in [0.05, 0.1) is 4.99 Å². The molecule has 0 spiro atoms. The molecule has 1 heterocycles. The van der Waals surface area contributed by atoms with Crippen LogP contribution in [0.2, 0.25) is 0 Å². The van der Waals surface area contributed by atoms with Gasteiger partial charge in [-0.3, -0.25) is 4.79 Å². The summed E-state index contributed by atoms with van der Waals surface area (Å²) in [5.41, 5.74) is 6.78. The van der Waals surface area contributed by atoms with Gasteiger partial charge in [0.1, 0.15) is 5.82 Å². The Bertz CT molecular complexity index is 490. The van der Waals surface area contributed by atoms with E-state index < -0.39 is 0 Å². The van der Waals surface area contributed by atoms with E-state index in [2.05, 4.69) is 0 Å². The van der Waals surface area contributed by atoms with Crippen LogP contribution in [-0.4, -0.2) is 28.9 Å². The fraction of sp³-hybridized carbons (Fsp3) is 0.429. The normalized spacial score (nSPS) is 16.4. The van der Waals surface area contributed by atoms with Crippen LogP contribution in [0.1, 0.15) is 28.8 Å². The molecule has 1 aromatic carbocycles. The number of carbonyl (C=O) groups excluding carboxylic acids is 1. The molecule has 1 fully saturated rings. The molecular weight excluding hydrogens is 263 g/mol. The number of carbonyl (C=O) groups is 1. The third-order valence-electron chi connectivity index (χ3n) is 3.47. The monoisotopic (exact) mass is 280 g/mol. The Hall–Kier alpha value is -1.49. The molecule has 102 valence electrons. The SMILES string of the molecule is Cc1cc(F)cc(C(=O)N2CCC(C(N)=S)CC2)c1. The number of hydrogen-bond donors (Lipinski definition) is 1. The van der Waals surface area contributed by atoms with E-state index in [9.17, 15) is 9.18 Å². The highest BCUT2D eigenvalue weighted by Gasteiger charge is 2.25. The molecule has 5 heteroatoms. The van der Waals surface area contributed by atoms with Gasteiger partial charge in [0, 0.05) is 24.6 Å². The highest BCUT2D eigenvalue weighted by atomic mass is 32.1. The lowest BCUT2D eigenvalue weighted by atomic mass is 9.96. The lowest BCUT2D eigenvalue weighted by Crippen LogP contribution is -2.41. The van der Waals surface area contributed by atoms with E-state index in [4.69, 9.17) is 18.0 Å². The molecule has 0 aliphatic carbocycles. The summed E-state index contributed by atoms with van der Waals surface area (Å²) in [5.74, 6) is -0.279. The maximum atomic E-state index is 13.3. The first-order chi connectivity index (χ1) is 8.97. The van der Waals surface area contributed by atoms with E-state index >= 15 is 0 Å². The first-order valence-electron chi connectivity index (χ1n) is 6.33. The Kier molecular flexibility index (Phi) is 4.14. The third kappa shape index (κ3) is 3.29. The van der Waals surface area contributed by atoms with Gasteiger partial charge in [-0.25, -0.2) is 4.39 Å². The molecule has 0 unspecified atom stereocenters. The van der Waals surface area contributed by atoms with Crippen molar-refractivity contribution in [3.05, 3.63) is 35.1 Å². The van der Waals surface area contributed by atoms with Crippen LogP contribution >= 0.6 is 12.2 Å². The summed E-state index contributed by atoms with van der Waals surface area (Å²) in [5, 5.41) is 0. The largest absolute Gasteiger partial charge is 0.393 e. The van der Waals surface area contributed by atoms with E-state index in [1.807, 2.05) is 0 Å². The molecule has 0 aromatic heterocycles. The summed E-state index contributed by atoms with van der Waals surface area (Å²) in [6, 6.07) is 4.41. The van der Waals surface area contributed by atoms with Gasteiger partial charge in [-0.2, -0.15) is 0 Å². The fourth-order valence-corrected chi connectivity index (χ4v) is 2.65. The first-order valence-corrected chi connectivity index (χ1v) is 6.74. The predicted molar refractivity (Wildman–Crippen MR) is 76.5 cm³/mol. The number of hydrogen-bond acceptors (Lipinski definition) is 2. The van der Waals surface area contributed by atoms with Gasteiger partial charge in [-0.05, 0) is 43.5 Å². The zero-order valence-electron chi connectivity index (χ0n) is 10.9. The van der Waals surface area contributed by atoms with E-state index in [0.717, 1.165) is 18.4 Å². The number of halogens is 1. The van der Waals surface area contributed by atoms with Crippen molar-refractivity contribution in [3.63, 3.8) is 0 Å². The highest BCUT2D eigenvalue weighted by molar-refractivity contribution is 7.80. The fourth-order valence-electron chi connectivity index (χ4n) is 2.41. The minimum atomic E-state index is -0.374. The van der Waals surface area contributed by atoms with Gasteiger partial charge in [0.25, 0.3) is 5.91 Å². The van der Waals surface area contributed by atoms with Crippen LogP contribution in [0.5, 0.6) is 0 Å². The average molecular weight is 280 g/mol. The number of nitrogens with two attached hydrogens (primary N) is 1. The number of amides is 1. The number of thiocarbonyl (C=S) groups is 1. The minimum absolute atomic E-state index is 0.121. The van der Waals surface area contributed by atoms with Crippen molar-refractivity contribution in [1.82, 2.24) is 4.90 Å². The number of rotatable bonds is 2. The average Bonchev–Trinajstić information content (AvgIpc) is 2.37. The minimum Gasteiger partial charge on any atom is -0.393 e. The lowest BCUT2D eigenvalue weighted by molar-refractivity contribution is 0.0710. The van der Waals surface area contributed by atoms with Crippen molar-refractivity contribution in [2.24, 2.45) is 11.7 Å². The summed E-state index contributed by atoms with van der Waals surface area (Å²) >= 11 is 4.97. The van der Waals surface area contributed by atoms with Crippen LogP contribution in [0.4, 0.5) is 4.39 Å². The molecule has 0 saturated carbocycles. The molecular formula is C14H17FN2OS. The van der Waals surface area contributed by atoms with Crippen molar-refractivity contribution in [1.29, 1.82) is 0 Å². The molecule has 0 radical (unpaired) electrons. The molecule has 1 aromatic rings. The zero-order chi connectivity index (χ0) is 14.0. The summed E-state index contributed by atoms with van der Waals surface area (Å²) in [6.45, 7) is 3.02. The Morgan fingerprint density at radius 3 is 2.53 bits per heavy atom. The Labute approximate surface area is 117 Å². The second-order valence-electron chi connectivity index (χ2n) is 4.99.